The predicted octanol–water partition coefficient (Wildman–Crippen LogP) is 4.50. The molecule has 0 amide bonds. The van der Waals surface area contributed by atoms with Crippen LogP contribution in [-0.2, 0) is 11.3 Å². The number of aryl methyl sites for hydroxylation is 1. The van der Waals surface area contributed by atoms with Gasteiger partial charge in [-0.1, -0.05) is 29.8 Å². The molecular weight excluding hydrogens is 433 g/mol. The standard InChI is InChI=1S/C15H16Br2ClN3O/c1-9-4-2-3-5-11(9)19-12(10-7-22-8-10)6-21-15(17)13(18)14(16)20-21/h2-5,10,12,19H,6-8H2,1H3. The van der Waals surface area contributed by atoms with Crippen LogP contribution in [0.25, 0.3) is 0 Å². The van der Waals surface area contributed by atoms with Gasteiger partial charge in [0, 0.05) is 11.6 Å². The number of hydrogen-bond acceptors (Lipinski definition) is 3. The van der Waals surface area contributed by atoms with E-state index in [1.54, 1.807) is 0 Å². The van der Waals surface area contributed by atoms with Crippen LogP contribution in [-0.4, -0.2) is 29.0 Å². The maximum atomic E-state index is 6.17. The van der Waals surface area contributed by atoms with Crippen LogP contribution in [0.3, 0.4) is 0 Å². The molecule has 0 bridgehead atoms. The molecule has 1 unspecified atom stereocenters. The molecule has 1 N–H and O–H groups in total. The number of rotatable bonds is 5. The zero-order chi connectivity index (χ0) is 15.7. The Balaban J connectivity index is 1.81. The molecule has 1 atom stereocenters. The van der Waals surface area contributed by atoms with Gasteiger partial charge in [0.1, 0.15) is 14.2 Å². The van der Waals surface area contributed by atoms with Crippen LogP contribution in [0.15, 0.2) is 33.5 Å². The van der Waals surface area contributed by atoms with E-state index in [9.17, 15) is 0 Å². The lowest BCUT2D eigenvalue weighted by Gasteiger charge is -2.35. The molecule has 1 saturated heterocycles. The van der Waals surface area contributed by atoms with Gasteiger partial charge in [0.05, 0.1) is 25.8 Å². The zero-order valence-electron chi connectivity index (χ0n) is 12.0. The van der Waals surface area contributed by atoms with Crippen LogP contribution in [0.2, 0.25) is 5.02 Å². The van der Waals surface area contributed by atoms with E-state index in [2.05, 4.69) is 61.3 Å². The average Bonchev–Trinajstić information content (AvgIpc) is 2.67. The SMILES string of the molecule is Cc1ccccc1NC(Cn1nc(Br)c(Cl)c1Br)C1COC1. The van der Waals surface area contributed by atoms with Crippen molar-refractivity contribution in [1.29, 1.82) is 0 Å². The van der Waals surface area contributed by atoms with Gasteiger partial charge in [-0.25, -0.2) is 0 Å². The summed E-state index contributed by atoms with van der Waals surface area (Å²) in [7, 11) is 0. The summed E-state index contributed by atoms with van der Waals surface area (Å²) in [5.41, 5.74) is 2.37. The monoisotopic (exact) mass is 447 g/mol. The van der Waals surface area contributed by atoms with Crippen molar-refractivity contribution in [1.82, 2.24) is 9.78 Å². The fraction of sp³-hybridized carbons (Fsp3) is 0.400. The second-order valence-corrected chi connectivity index (χ2v) is 7.32. The largest absolute Gasteiger partial charge is 0.381 e. The van der Waals surface area contributed by atoms with Gasteiger partial charge in [-0.3, -0.25) is 4.68 Å². The fourth-order valence-corrected chi connectivity index (χ4v) is 3.63. The highest BCUT2D eigenvalue weighted by molar-refractivity contribution is 9.11. The van der Waals surface area contributed by atoms with Gasteiger partial charge in [-0.2, -0.15) is 5.10 Å². The van der Waals surface area contributed by atoms with Crippen molar-refractivity contribution in [3.8, 4) is 0 Å². The zero-order valence-corrected chi connectivity index (χ0v) is 15.9. The minimum atomic E-state index is 0.231. The third-order valence-corrected chi connectivity index (χ3v) is 6.06. The summed E-state index contributed by atoms with van der Waals surface area (Å²) in [6, 6.07) is 8.52. The Bertz CT molecular complexity index is 673. The fourth-order valence-electron chi connectivity index (χ4n) is 2.43. The molecule has 4 nitrogen and oxygen atoms in total. The maximum absolute atomic E-state index is 6.17. The van der Waals surface area contributed by atoms with Crippen molar-refractivity contribution >= 4 is 49.1 Å². The summed E-state index contributed by atoms with van der Waals surface area (Å²) >= 11 is 13.0. The number of para-hydroxylation sites is 1. The molecule has 1 aromatic heterocycles. The lowest BCUT2D eigenvalue weighted by atomic mass is 9.97. The molecule has 1 aliphatic heterocycles. The minimum Gasteiger partial charge on any atom is -0.381 e. The highest BCUT2D eigenvalue weighted by Gasteiger charge is 2.30. The van der Waals surface area contributed by atoms with Crippen molar-refractivity contribution in [3.63, 3.8) is 0 Å². The molecule has 0 saturated carbocycles. The molecule has 3 rings (SSSR count). The van der Waals surface area contributed by atoms with Crippen LogP contribution in [0.4, 0.5) is 5.69 Å². The van der Waals surface area contributed by atoms with Gasteiger partial charge in [-0.05, 0) is 50.4 Å². The highest BCUT2D eigenvalue weighted by atomic mass is 79.9. The van der Waals surface area contributed by atoms with E-state index in [-0.39, 0.29) is 6.04 Å². The highest BCUT2D eigenvalue weighted by Crippen LogP contribution is 2.31. The molecule has 2 heterocycles. The second-order valence-electron chi connectivity index (χ2n) is 5.44. The summed E-state index contributed by atoms with van der Waals surface area (Å²) in [5.74, 6) is 0.466. The van der Waals surface area contributed by atoms with Gasteiger partial charge < -0.3 is 10.1 Å². The molecule has 7 heteroatoms. The smallest absolute Gasteiger partial charge is 0.147 e. The third kappa shape index (κ3) is 3.35. The first-order valence-electron chi connectivity index (χ1n) is 7.03. The first-order valence-corrected chi connectivity index (χ1v) is 9.00. The Labute approximate surface area is 151 Å². The topological polar surface area (TPSA) is 39.1 Å². The van der Waals surface area contributed by atoms with Crippen LogP contribution in [0, 0.1) is 12.8 Å². The summed E-state index contributed by atoms with van der Waals surface area (Å²) in [6.45, 7) is 4.37. The molecular formula is C15H16Br2ClN3O. The molecule has 0 spiro atoms. The number of ether oxygens (including phenoxy) is 1. The minimum absolute atomic E-state index is 0.231. The second kappa shape index (κ2) is 6.91. The molecule has 0 aliphatic carbocycles. The van der Waals surface area contributed by atoms with E-state index in [0.717, 1.165) is 23.5 Å². The molecule has 118 valence electrons. The van der Waals surface area contributed by atoms with Gasteiger partial charge in [-0.15, -0.1) is 0 Å². The quantitative estimate of drug-likeness (QED) is 0.731. The molecule has 22 heavy (non-hydrogen) atoms. The summed E-state index contributed by atoms with van der Waals surface area (Å²) in [6.07, 6.45) is 0. The number of nitrogens with one attached hydrogen (secondary N) is 1. The summed E-state index contributed by atoms with van der Waals surface area (Å²) in [5, 5.41) is 8.66. The van der Waals surface area contributed by atoms with Gasteiger partial charge in [0.2, 0.25) is 0 Å². The van der Waals surface area contributed by atoms with Crippen molar-refractivity contribution < 1.29 is 4.74 Å². The van der Waals surface area contributed by atoms with Crippen molar-refractivity contribution in [2.45, 2.75) is 19.5 Å². The average molecular weight is 450 g/mol. The van der Waals surface area contributed by atoms with E-state index < -0.39 is 0 Å². The van der Waals surface area contributed by atoms with E-state index in [1.165, 1.54) is 5.56 Å². The summed E-state index contributed by atoms with van der Waals surface area (Å²) < 4.78 is 8.68. The number of benzene rings is 1. The van der Waals surface area contributed by atoms with Gasteiger partial charge in [0.15, 0.2) is 0 Å². The van der Waals surface area contributed by atoms with Crippen molar-refractivity contribution in [2.75, 3.05) is 18.5 Å². The Morgan fingerprint density at radius 3 is 2.68 bits per heavy atom. The Morgan fingerprint density at radius 1 is 1.41 bits per heavy atom. The van der Waals surface area contributed by atoms with Crippen LogP contribution < -0.4 is 5.32 Å². The third-order valence-electron chi connectivity index (χ3n) is 3.89. The normalized spacial score (nSPS) is 16.4. The van der Waals surface area contributed by atoms with E-state index in [1.807, 2.05) is 16.8 Å². The number of aromatic nitrogens is 2. The van der Waals surface area contributed by atoms with Crippen LogP contribution in [0.5, 0.6) is 0 Å². The molecule has 1 fully saturated rings. The lowest BCUT2D eigenvalue weighted by molar-refractivity contribution is -0.0429. The van der Waals surface area contributed by atoms with Crippen molar-refractivity contribution in [2.24, 2.45) is 5.92 Å². The van der Waals surface area contributed by atoms with Crippen LogP contribution >= 0.6 is 43.5 Å². The van der Waals surface area contributed by atoms with E-state index >= 15 is 0 Å². The molecule has 1 aliphatic rings. The number of nitrogens with zero attached hydrogens (tertiary/aromatic N) is 2. The Kier molecular flexibility index (Phi) is 5.12. The maximum Gasteiger partial charge on any atom is 0.147 e. The first kappa shape index (κ1) is 16.3. The van der Waals surface area contributed by atoms with Crippen LogP contribution in [0.1, 0.15) is 5.56 Å². The number of halogens is 3. The Morgan fingerprint density at radius 2 is 2.14 bits per heavy atom. The van der Waals surface area contributed by atoms with Gasteiger partial charge >= 0.3 is 0 Å². The first-order chi connectivity index (χ1) is 10.6. The van der Waals surface area contributed by atoms with Crippen molar-refractivity contribution in [3.05, 3.63) is 44.1 Å². The van der Waals surface area contributed by atoms with E-state index in [4.69, 9.17) is 16.3 Å². The number of anilines is 1. The molecule has 2 aromatic rings. The summed E-state index contributed by atoms with van der Waals surface area (Å²) in [4.78, 5) is 0. The van der Waals surface area contributed by atoms with Gasteiger partial charge in [0.25, 0.3) is 0 Å². The number of hydrogen-bond donors (Lipinski definition) is 1. The molecule has 1 aromatic carbocycles. The van der Waals surface area contributed by atoms with E-state index in [0.29, 0.717) is 22.1 Å². The molecule has 0 radical (unpaired) electrons. The Hall–Kier alpha value is -0.560. The predicted molar refractivity (Wildman–Crippen MR) is 95.5 cm³/mol. The lowest BCUT2D eigenvalue weighted by Crippen LogP contribution is -2.44.